The van der Waals surface area contributed by atoms with Gasteiger partial charge in [-0.05, 0) is 34.8 Å². The van der Waals surface area contributed by atoms with E-state index in [1.54, 1.807) is 0 Å². The summed E-state index contributed by atoms with van der Waals surface area (Å²) in [5, 5.41) is 19.1. The molecule has 0 aromatic carbocycles. The highest BCUT2D eigenvalue weighted by atomic mass is 79.9. The Morgan fingerprint density at radius 3 is 2.37 bits per heavy atom. The van der Waals surface area contributed by atoms with E-state index < -0.39 is 11.9 Å². The average molecular weight is 333 g/mol. The van der Waals surface area contributed by atoms with Gasteiger partial charge < -0.3 is 15.1 Å². The summed E-state index contributed by atoms with van der Waals surface area (Å²) >= 11 is 3.28. The highest BCUT2D eigenvalue weighted by Gasteiger charge is 2.39. The van der Waals surface area contributed by atoms with Gasteiger partial charge in [-0.1, -0.05) is 0 Å². The van der Waals surface area contributed by atoms with Crippen molar-refractivity contribution >= 4 is 27.9 Å². The minimum Gasteiger partial charge on any atom is -0.473 e. The number of carbonyl (C=O) groups is 2. The van der Waals surface area contributed by atoms with E-state index in [0.717, 1.165) is 12.5 Å². The molecule has 2 N–H and O–H groups in total. The smallest absolute Gasteiger partial charge is 0.414 e. The van der Waals surface area contributed by atoms with E-state index in [2.05, 4.69) is 30.9 Å². The van der Waals surface area contributed by atoms with Crippen molar-refractivity contribution < 1.29 is 19.8 Å². The maximum absolute atomic E-state index is 9.10. The minimum atomic E-state index is -1.82. The molecule has 2 aliphatic heterocycles. The first-order valence-corrected chi connectivity index (χ1v) is 6.52. The number of aliphatic carboxylic acids is 2. The summed E-state index contributed by atoms with van der Waals surface area (Å²) in [4.78, 5) is 24.8. The van der Waals surface area contributed by atoms with Crippen molar-refractivity contribution in [3.63, 3.8) is 0 Å². The van der Waals surface area contributed by atoms with E-state index >= 15 is 0 Å². The van der Waals surface area contributed by atoms with Gasteiger partial charge in [0.25, 0.3) is 0 Å². The minimum absolute atomic E-state index is 0.563. The standard InChI is InChI=1S/C8H11BrN4.C2H2O4/c9-8-10-5-13(11-8)7-4-12-2-1-6(7)3-12;3-1(4)2(5)6/h5-7H,1-4H2;(H,3,4)(H,5,6). The summed E-state index contributed by atoms with van der Waals surface area (Å²) < 4.78 is 2.71. The molecule has 9 heteroatoms. The lowest BCUT2D eigenvalue weighted by Gasteiger charge is -2.21. The Balaban J connectivity index is 0.000000192. The second-order valence-electron chi connectivity index (χ2n) is 4.48. The Bertz CT molecular complexity index is 480. The molecule has 3 heterocycles. The van der Waals surface area contributed by atoms with Gasteiger partial charge in [0.05, 0.1) is 6.04 Å². The van der Waals surface area contributed by atoms with E-state index in [0.29, 0.717) is 10.8 Å². The van der Waals surface area contributed by atoms with E-state index in [4.69, 9.17) is 19.8 Å². The lowest BCUT2D eigenvalue weighted by Crippen LogP contribution is -2.26. The molecule has 0 spiro atoms. The predicted octanol–water partition coefficient (Wildman–Crippen LogP) is 0.0728. The maximum Gasteiger partial charge on any atom is 0.414 e. The third-order valence-corrected chi connectivity index (χ3v) is 3.66. The number of halogens is 1. The van der Waals surface area contributed by atoms with Crippen molar-refractivity contribution in [2.75, 3.05) is 19.6 Å². The quantitative estimate of drug-likeness (QED) is 0.700. The number of aromatic nitrogens is 3. The van der Waals surface area contributed by atoms with Gasteiger partial charge in [-0.25, -0.2) is 19.3 Å². The van der Waals surface area contributed by atoms with Gasteiger partial charge in [0.2, 0.25) is 4.73 Å². The molecule has 104 valence electrons. The molecule has 0 amide bonds. The fourth-order valence-electron chi connectivity index (χ4n) is 2.47. The molecule has 2 bridgehead atoms. The van der Waals surface area contributed by atoms with Gasteiger partial charge in [0, 0.05) is 13.1 Å². The largest absolute Gasteiger partial charge is 0.473 e. The SMILES string of the molecule is Brc1ncn(C2CN3CCC2C3)n1.O=C(O)C(=O)O. The summed E-state index contributed by atoms with van der Waals surface area (Å²) in [5.74, 6) is -2.85. The first-order valence-electron chi connectivity index (χ1n) is 5.72. The van der Waals surface area contributed by atoms with Crippen molar-refractivity contribution in [1.82, 2.24) is 19.7 Å². The van der Waals surface area contributed by atoms with Crippen molar-refractivity contribution in [1.29, 1.82) is 0 Å². The van der Waals surface area contributed by atoms with Crippen LogP contribution in [0.1, 0.15) is 12.5 Å². The molecule has 3 rings (SSSR count). The third kappa shape index (κ3) is 3.29. The monoisotopic (exact) mass is 332 g/mol. The van der Waals surface area contributed by atoms with E-state index in [1.165, 1.54) is 19.5 Å². The summed E-state index contributed by atoms with van der Waals surface area (Å²) in [6.45, 7) is 3.68. The van der Waals surface area contributed by atoms with Gasteiger partial charge in [-0.2, -0.15) is 0 Å². The molecule has 2 aliphatic rings. The van der Waals surface area contributed by atoms with Crippen LogP contribution in [0.4, 0.5) is 0 Å². The number of carboxylic acids is 2. The molecule has 1 aromatic heterocycles. The lowest BCUT2D eigenvalue weighted by molar-refractivity contribution is -0.159. The molecule has 2 fully saturated rings. The van der Waals surface area contributed by atoms with Gasteiger partial charge in [-0.3, -0.25) is 0 Å². The molecular weight excluding hydrogens is 320 g/mol. The van der Waals surface area contributed by atoms with Crippen LogP contribution in [0.3, 0.4) is 0 Å². The predicted molar refractivity (Wildman–Crippen MR) is 66.6 cm³/mol. The van der Waals surface area contributed by atoms with Crippen LogP contribution >= 0.6 is 15.9 Å². The molecule has 3 unspecified atom stereocenters. The Morgan fingerprint density at radius 2 is 2.00 bits per heavy atom. The van der Waals surface area contributed by atoms with Crippen molar-refractivity contribution in [2.45, 2.75) is 12.5 Å². The molecular formula is C10H13BrN4O4. The summed E-state index contributed by atoms with van der Waals surface area (Å²) in [5.41, 5.74) is 0. The molecule has 8 nitrogen and oxygen atoms in total. The Kier molecular flexibility index (Phi) is 4.15. The fraction of sp³-hybridized carbons (Fsp3) is 0.600. The maximum atomic E-state index is 9.10. The number of rotatable bonds is 1. The lowest BCUT2D eigenvalue weighted by atomic mass is 10.0. The Hall–Kier alpha value is -1.48. The highest BCUT2D eigenvalue weighted by Crippen LogP contribution is 2.35. The number of nitrogens with zero attached hydrogens (tertiary/aromatic N) is 4. The second kappa shape index (κ2) is 5.66. The topological polar surface area (TPSA) is 109 Å². The number of piperidine rings is 1. The first-order chi connectivity index (χ1) is 8.97. The van der Waals surface area contributed by atoms with E-state index in [9.17, 15) is 0 Å². The van der Waals surface area contributed by atoms with Gasteiger partial charge >= 0.3 is 11.9 Å². The number of hydrogen-bond donors (Lipinski definition) is 2. The summed E-state index contributed by atoms with van der Waals surface area (Å²) in [7, 11) is 0. The number of hydrogen-bond acceptors (Lipinski definition) is 5. The molecule has 19 heavy (non-hydrogen) atoms. The summed E-state index contributed by atoms with van der Waals surface area (Å²) in [6, 6.07) is 0.563. The highest BCUT2D eigenvalue weighted by molar-refractivity contribution is 9.10. The van der Waals surface area contributed by atoms with Crippen LogP contribution < -0.4 is 0 Å². The van der Waals surface area contributed by atoms with Crippen molar-refractivity contribution in [3.8, 4) is 0 Å². The first kappa shape index (κ1) is 13.9. The van der Waals surface area contributed by atoms with Gasteiger partial charge in [0.1, 0.15) is 6.33 Å². The zero-order chi connectivity index (χ0) is 14.0. The third-order valence-electron chi connectivity index (χ3n) is 3.30. The van der Waals surface area contributed by atoms with Crippen molar-refractivity contribution in [3.05, 3.63) is 11.1 Å². The second-order valence-corrected chi connectivity index (χ2v) is 5.19. The van der Waals surface area contributed by atoms with Crippen molar-refractivity contribution in [2.24, 2.45) is 5.92 Å². The van der Waals surface area contributed by atoms with E-state index in [-0.39, 0.29) is 0 Å². The van der Waals surface area contributed by atoms with Crippen LogP contribution in [0.5, 0.6) is 0 Å². The fourth-order valence-corrected chi connectivity index (χ4v) is 2.74. The molecule has 0 radical (unpaired) electrons. The molecule has 2 saturated heterocycles. The molecule has 3 atom stereocenters. The van der Waals surface area contributed by atoms with Gasteiger partial charge in [-0.15, -0.1) is 5.10 Å². The van der Waals surface area contributed by atoms with Crippen LogP contribution in [-0.2, 0) is 9.59 Å². The van der Waals surface area contributed by atoms with Crippen LogP contribution in [0.2, 0.25) is 0 Å². The molecule has 0 saturated carbocycles. The van der Waals surface area contributed by atoms with Crippen LogP contribution in [0.15, 0.2) is 11.1 Å². The normalized spacial score (nSPS) is 27.7. The number of carboxylic acid groups (broad SMARTS) is 2. The van der Waals surface area contributed by atoms with Gasteiger partial charge in [0.15, 0.2) is 0 Å². The van der Waals surface area contributed by atoms with Crippen LogP contribution in [0.25, 0.3) is 0 Å². The van der Waals surface area contributed by atoms with Crippen LogP contribution in [0, 0.1) is 5.92 Å². The average Bonchev–Trinajstić information content (AvgIpc) is 3.04. The Labute approximate surface area is 117 Å². The number of fused-ring (bicyclic) bond motifs is 2. The van der Waals surface area contributed by atoms with Crippen LogP contribution in [-0.4, -0.2) is 61.5 Å². The van der Waals surface area contributed by atoms with E-state index in [1.807, 2.05) is 11.0 Å². The molecule has 0 aliphatic carbocycles. The Morgan fingerprint density at radius 1 is 1.32 bits per heavy atom. The zero-order valence-corrected chi connectivity index (χ0v) is 11.5. The molecule has 1 aromatic rings. The zero-order valence-electron chi connectivity index (χ0n) is 9.94. The summed E-state index contributed by atoms with van der Waals surface area (Å²) in [6.07, 6.45) is 3.15.